The Balaban J connectivity index is 2.45. The fourth-order valence-electron chi connectivity index (χ4n) is 2.94. The zero-order valence-electron chi connectivity index (χ0n) is 14.7. The highest BCUT2D eigenvalue weighted by Gasteiger charge is 2.45. The van der Waals surface area contributed by atoms with Crippen LogP contribution in [0.1, 0.15) is 39.3 Å². The van der Waals surface area contributed by atoms with Crippen molar-refractivity contribution >= 4 is 17.8 Å². The van der Waals surface area contributed by atoms with Crippen LogP contribution in [0.25, 0.3) is 0 Å². The van der Waals surface area contributed by atoms with Crippen molar-refractivity contribution in [2.45, 2.75) is 39.8 Å². The van der Waals surface area contributed by atoms with E-state index in [0.29, 0.717) is 18.7 Å². The standard InChI is InChI=1S/C18H25N3O3/c1-5-19(6-2)17(23)16(14-10-8-7-9-11-14)21-15(22)12-20(13(3)4)18(21)24/h7-11,13,16H,5-6,12H2,1-4H3. The molecule has 0 radical (unpaired) electrons. The van der Waals surface area contributed by atoms with Gasteiger partial charge in [0.1, 0.15) is 12.6 Å². The number of amides is 4. The summed E-state index contributed by atoms with van der Waals surface area (Å²) in [5, 5.41) is 0. The van der Waals surface area contributed by atoms with Crippen LogP contribution in [0.3, 0.4) is 0 Å². The number of rotatable bonds is 6. The summed E-state index contributed by atoms with van der Waals surface area (Å²) in [5.41, 5.74) is 0.654. The number of likely N-dealkylation sites (N-methyl/N-ethyl adjacent to an activating group) is 1. The molecule has 0 aliphatic carbocycles. The second kappa shape index (κ2) is 7.47. The Morgan fingerprint density at radius 3 is 2.17 bits per heavy atom. The highest BCUT2D eigenvalue weighted by atomic mass is 16.2. The summed E-state index contributed by atoms with van der Waals surface area (Å²) >= 11 is 0. The van der Waals surface area contributed by atoms with Gasteiger partial charge in [0, 0.05) is 19.1 Å². The van der Waals surface area contributed by atoms with Crippen molar-refractivity contribution in [3.05, 3.63) is 35.9 Å². The van der Waals surface area contributed by atoms with Gasteiger partial charge in [-0.15, -0.1) is 0 Å². The first-order valence-electron chi connectivity index (χ1n) is 8.38. The molecule has 130 valence electrons. The van der Waals surface area contributed by atoms with E-state index in [1.54, 1.807) is 17.0 Å². The zero-order valence-corrected chi connectivity index (χ0v) is 14.7. The molecule has 24 heavy (non-hydrogen) atoms. The number of nitrogens with zero attached hydrogens (tertiary/aromatic N) is 3. The molecule has 0 bridgehead atoms. The van der Waals surface area contributed by atoms with Gasteiger partial charge in [-0.1, -0.05) is 30.3 Å². The lowest BCUT2D eigenvalue weighted by molar-refractivity contribution is -0.141. The molecule has 1 atom stereocenters. The van der Waals surface area contributed by atoms with Gasteiger partial charge in [0.15, 0.2) is 0 Å². The third-order valence-electron chi connectivity index (χ3n) is 4.33. The Morgan fingerprint density at radius 1 is 1.12 bits per heavy atom. The maximum Gasteiger partial charge on any atom is 0.328 e. The number of hydrogen-bond acceptors (Lipinski definition) is 3. The van der Waals surface area contributed by atoms with Crippen LogP contribution in [0.4, 0.5) is 4.79 Å². The molecule has 6 nitrogen and oxygen atoms in total. The van der Waals surface area contributed by atoms with Gasteiger partial charge in [0.25, 0.3) is 11.8 Å². The van der Waals surface area contributed by atoms with Crippen LogP contribution in [0.5, 0.6) is 0 Å². The van der Waals surface area contributed by atoms with Crippen molar-refractivity contribution in [3.63, 3.8) is 0 Å². The first-order chi connectivity index (χ1) is 11.4. The monoisotopic (exact) mass is 331 g/mol. The number of hydrogen-bond donors (Lipinski definition) is 0. The Kier molecular flexibility index (Phi) is 5.59. The fraction of sp³-hybridized carbons (Fsp3) is 0.500. The third-order valence-corrected chi connectivity index (χ3v) is 4.33. The second-order valence-electron chi connectivity index (χ2n) is 6.09. The van der Waals surface area contributed by atoms with Crippen LogP contribution >= 0.6 is 0 Å². The Hall–Kier alpha value is -2.37. The molecule has 1 aromatic carbocycles. The van der Waals surface area contributed by atoms with Gasteiger partial charge in [-0.2, -0.15) is 0 Å². The minimum absolute atomic E-state index is 0.0192. The second-order valence-corrected chi connectivity index (χ2v) is 6.09. The average Bonchev–Trinajstić information content (AvgIpc) is 2.86. The van der Waals surface area contributed by atoms with Crippen molar-refractivity contribution in [2.75, 3.05) is 19.6 Å². The van der Waals surface area contributed by atoms with Crippen LogP contribution in [0.15, 0.2) is 30.3 Å². The van der Waals surface area contributed by atoms with E-state index >= 15 is 0 Å². The van der Waals surface area contributed by atoms with E-state index in [2.05, 4.69) is 0 Å². The van der Waals surface area contributed by atoms with Crippen LogP contribution in [-0.2, 0) is 9.59 Å². The van der Waals surface area contributed by atoms with E-state index in [1.165, 1.54) is 4.90 Å². The summed E-state index contributed by atoms with van der Waals surface area (Å²) in [5.74, 6) is -0.554. The van der Waals surface area contributed by atoms with E-state index in [4.69, 9.17) is 0 Å². The topological polar surface area (TPSA) is 60.9 Å². The van der Waals surface area contributed by atoms with E-state index in [-0.39, 0.29) is 24.4 Å². The third kappa shape index (κ3) is 3.27. The Labute approximate surface area is 143 Å². The molecular formula is C18H25N3O3. The molecular weight excluding hydrogens is 306 g/mol. The zero-order chi connectivity index (χ0) is 17.9. The van der Waals surface area contributed by atoms with Gasteiger partial charge in [-0.25, -0.2) is 9.69 Å². The molecule has 6 heteroatoms. The number of imide groups is 1. The van der Waals surface area contributed by atoms with Gasteiger partial charge < -0.3 is 9.80 Å². The highest BCUT2D eigenvalue weighted by Crippen LogP contribution is 2.29. The first kappa shape index (κ1) is 18.0. The largest absolute Gasteiger partial charge is 0.341 e. The van der Waals surface area contributed by atoms with Crippen LogP contribution in [0, 0.1) is 0 Å². The highest BCUT2D eigenvalue weighted by molar-refractivity contribution is 6.06. The molecule has 2 rings (SSSR count). The van der Waals surface area contributed by atoms with Gasteiger partial charge in [0.2, 0.25) is 0 Å². The van der Waals surface area contributed by atoms with Crippen LogP contribution in [0.2, 0.25) is 0 Å². The lowest BCUT2D eigenvalue weighted by Gasteiger charge is -2.31. The van der Waals surface area contributed by atoms with E-state index in [0.717, 1.165) is 4.90 Å². The molecule has 1 aliphatic rings. The first-order valence-corrected chi connectivity index (χ1v) is 8.38. The lowest BCUT2D eigenvalue weighted by Crippen LogP contribution is -2.46. The minimum atomic E-state index is -0.908. The number of urea groups is 1. The van der Waals surface area contributed by atoms with Gasteiger partial charge in [-0.05, 0) is 33.3 Å². The van der Waals surface area contributed by atoms with Crippen molar-refractivity contribution in [3.8, 4) is 0 Å². The summed E-state index contributed by atoms with van der Waals surface area (Å²) < 4.78 is 0. The predicted octanol–water partition coefficient (Wildman–Crippen LogP) is 2.27. The van der Waals surface area contributed by atoms with Crippen LogP contribution < -0.4 is 0 Å². The molecule has 1 aliphatic heterocycles. The summed E-state index contributed by atoms with van der Waals surface area (Å²) in [6.45, 7) is 8.57. The van der Waals surface area contributed by atoms with E-state index in [1.807, 2.05) is 45.9 Å². The van der Waals surface area contributed by atoms with Gasteiger partial charge >= 0.3 is 6.03 Å². The summed E-state index contributed by atoms with van der Waals surface area (Å²) in [6.07, 6.45) is 0. The molecule has 0 spiro atoms. The lowest BCUT2D eigenvalue weighted by atomic mass is 10.0. The molecule has 1 saturated heterocycles. The number of carbonyl (C=O) groups is 3. The molecule has 1 unspecified atom stereocenters. The minimum Gasteiger partial charge on any atom is -0.341 e. The molecule has 1 aromatic rings. The number of benzene rings is 1. The smallest absolute Gasteiger partial charge is 0.328 e. The van der Waals surface area contributed by atoms with E-state index in [9.17, 15) is 14.4 Å². The SMILES string of the molecule is CCN(CC)C(=O)C(c1ccccc1)N1C(=O)CN(C(C)C)C1=O. The number of carbonyl (C=O) groups excluding carboxylic acids is 3. The fourth-order valence-corrected chi connectivity index (χ4v) is 2.94. The van der Waals surface area contributed by atoms with Gasteiger partial charge in [0.05, 0.1) is 0 Å². The summed E-state index contributed by atoms with van der Waals surface area (Å²) in [6, 6.07) is 7.63. The average molecular weight is 331 g/mol. The molecule has 0 aromatic heterocycles. The predicted molar refractivity (Wildman–Crippen MR) is 91.2 cm³/mol. The van der Waals surface area contributed by atoms with E-state index < -0.39 is 12.1 Å². The van der Waals surface area contributed by atoms with Gasteiger partial charge in [-0.3, -0.25) is 9.59 Å². The maximum absolute atomic E-state index is 13.0. The summed E-state index contributed by atoms with van der Waals surface area (Å²) in [4.78, 5) is 42.5. The molecule has 0 N–H and O–H groups in total. The van der Waals surface area contributed by atoms with Crippen molar-refractivity contribution < 1.29 is 14.4 Å². The molecule has 0 saturated carbocycles. The molecule has 1 fully saturated rings. The Morgan fingerprint density at radius 2 is 1.71 bits per heavy atom. The van der Waals surface area contributed by atoms with Crippen molar-refractivity contribution in [1.82, 2.24) is 14.7 Å². The summed E-state index contributed by atoms with van der Waals surface area (Å²) in [7, 11) is 0. The molecule has 1 heterocycles. The molecule has 4 amide bonds. The van der Waals surface area contributed by atoms with Crippen molar-refractivity contribution in [1.29, 1.82) is 0 Å². The van der Waals surface area contributed by atoms with Crippen molar-refractivity contribution in [2.24, 2.45) is 0 Å². The normalized spacial score (nSPS) is 16.0. The maximum atomic E-state index is 13.0. The van der Waals surface area contributed by atoms with Crippen LogP contribution in [-0.4, -0.2) is 58.2 Å². The Bertz CT molecular complexity index is 611. The quantitative estimate of drug-likeness (QED) is 0.751.